The molecule has 0 saturated carbocycles. The summed E-state index contributed by atoms with van der Waals surface area (Å²) in [5, 5.41) is 11.3. The van der Waals surface area contributed by atoms with Crippen molar-refractivity contribution in [2.45, 2.75) is 85.2 Å². The van der Waals surface area contributed by atoms with Crippen LogP contribution in [0.3, 0.4) is 0 Å². The monoisotopic (exact) mass is 543 g/mol. The number of benzene rings is 2. The molecule has 0 radical (unpaired) electrons. The van der Waals surface area contributed by atoms with Crippen LogP contribution in [-0.2, 0) is 11.8 Å². The number of rotatable bonds is 13. The third-order valence-electron chi connectivity index (χ3n) is 6.66. The third-order valence-corrected chi connectivity index (χ3v) is 6.66. The van der Waals surface area contributed by atoms with Gasteiger partial charge in [-0.15, -0.1) is 0 Å². The lowest BCUT2D eigenvalue weighted by molar-refractivity contribution is 0.182. The van der Waals surface area contributed by atoms with E-state index < -0.39 is 0 Å². The summed E-state index contributed by atoms with van der Waals surface area (Å²) in [4.78, 5) is 8.96. The Balaban J connectivity index is 1.51. The summed E-state index contributed by atoms with van der Waals surface area (Å²) in [5.74, 6) is 3.92. The Labute approximate surface area is 237 Å². The quantitative estimate of drug-likeness (QED) is 0.173. The Bertz CT molecular complexity index is 1440. The molecule has 0 fully saturated rings. The number of nitrogens with zero attached hydrogens (tertiary/aromatic N) is 3. The van der Waals surface area contributed by atoms with Gasteiger partial charge >= 0.3 is 0 Å². The fourth-order valence-electron chi connectivity index (χ4n) is 4.32. The van der Waals surface area contributed by atoms with E-state index in [-0.39, 0.29) is 11.5 Å². The highest BCUT2D eigenvalue weighted by atomic mass is 16.5. The maximum Gasteiger partial charge on any atom is 0.230 e. The van der Waals surface area contributed by atoms with Crippen molar-refractivity contribution in [3.8, 4) is 17.4 Å². The molecule has 0 aliphatic heterocycles. The topological polar surface area (TPSA) is 94.3 Å². The first-order valence-corrected chi connectivity index (χ1v) is 14.1. The van der Waals surface area contributed by atoms with Crippen LogP contribution in [0.25, 0.3) is 10.9 Å². The molecule has 2 aromatic carbocycles. The first-order valence-electron chi connectivity index (χ1n) is 14.1. The minimum absolute atomic E-state index is 0.129. The van der Waals surface area contributed by atoms with E-state index in [1.54, 1.807) is 0 Å². The molecule has 2 N–H and O–H groups in total. The van der Waals surface area contributed by atoms with Crippen LogP contribution in [0.4, 0.5) is 11.5 Å². The van der Waals surface area contributed by atoms with Gasteiger partial charge in [-0.3, -0.25) is 0 Å². The van der Waals surface area contributed by atoms with Crippen LogP contribution in [0.15, 0.2) is 65.7 Å². The highest BCUT2D eigenvalue weighted by molar-refractivity contribution is 5.86. The van der Waals surface area contributed by atoms with Gasteiger partial charge in [-0.1, -0.05) is 72.2 Å². The van der Waals surface area contributed by atoms with Crippen LogP contribution in [-0.4, -0.2) is 21.2 Å². The van der Waals surface area contributed by atoms with Gasteiger partial charge in [-0.05, 0) is 49.1 Å². The molecule has 1 unspecified atom stereocenters. The van der Waals surface area contributed by atoms with Crippen molar-refractivity contribution in [1.29, 1.82) is 0 Å². The molecule has 0 amide bonds. The van der Waals surface area contributed by atoms with Crippen molar-refractivity contribution in [2.24, 2.45) is 0 Å². The summed E-state index contributed by atoms with van der Waals surface area (Å²) in [7, 11) is 0. The smallest absolute Gasteiger partial charge is 0.230 e. The summed E-state index contributed by atoms with van der Waals surface area (Å²) in [6.07, 6.45) is 6.87. The van der Waals surface area contributed by atoms with Gasteiger partial charge < -0.3 is 24.6 Å². The molecular formula is C32H41N5O3. The van der Waals surface area contributed by atoms with Crippen molar-refractivity contribution in [2.75, 3.05) is 10.6 Å². The van der Waals surface area contributed by atoms with Crippen LogP contribution in [0.2, 0.25) is 0 Å². The van der Waals surface area contributed by atoms with Crippen molar-refractivity contribution < 1.29 is 14.0 Å². The van der Waals surface area contributed by atoms with Gasteiger partial charge in [0.2, 0.25) is 5.88 Å². The largest absolute Gasteiger partial charge is 0.490 e. The van der Waals surface area contributed by atoms with E-state index in [1.807, 2.05) is 36.4 Å². The van der Waals surface area contributed by atoms with Gasteiger partial charge in [0.15, 0.2) is 5.82 Å². The third kappa shape index (κ3) is 7.31. The number of aromatic nitrogens is 3. The fraction of sp³-hybridized carbons (Fsp3) is 0.406. The van der Waals surface area contributed by atoms with E-state index in [0.717, 1.165) is 65.8 Å². The molecule has 2 heterocycles. The number of hydrogen-bond acceptors (Lipinski definition) is 8. The first kappa shape index (κ1) is 28.9. The van der Waals surface area contributed by atoms with E-state index in [9.17, 15) is 0 Å². The summed E-state index contributed by atoms with van der Waals surface area (Å²) in [6, 6.07) is 13.6. The molecule has 8 nitrogen and oxygen atoms in total. The highest BCUT2D eigenvalue weighted by Gasteiger charge is 2.20. The molecule has 0 aliphatic carbocycles. The molecular weight excluding hydrogens is 502 g/mol. The number of aryl methyl sites for hydroxylation is 1. The zero-order chi connectivity index (χ0) is 28.7. The Morgan fingerprint density at radius 1 is 1.05 bits per heavy atom. The zero-order valence-corrected chi connectivity index (χ0v) is 24.5. The number of unbranched alkanes of at least 4 members (excludes halogenated alkanes) is 1. The minimum atomic E-state index is -0.129. The van der Waals surface area contributed by atoms with Gasteiger partial charge in [0.05, 0.1) is 17.0 Å². The molecule has 0 aliphatic rings. The van der Waals surface area contributed by atoms with Crippen LogP contribution >= 0.6 is 0 Å². The molecule has 0 saturated heterocycles. The summed E-state index contributed by atoms with van der Waals surface area (Å²) < 4.78 is 18.2. The van der Waals surface area contributed by atoms with Crippen LogP contribution in [0, 0.1) is 0 Å². The molecule has 8 heteroatoms. The number of hydrogen-bond donors (Lipinski definition) is 2. The maximum atomic E-state index is 6.48. The number of fused-ring (bicyclic) bond motifs is 1. The molecule has 40 heavy (non-hydrogen) atoms. The van der Waals surface area contributed by atoms with Crippen LogP contribution in [0.5, 0.6) is 17.4 Å². The Morgan fingerprint density at radius 2 is 1.88 bits per heavy atom. The first-order chi connectivity index (χ1) is 19.2. The van der Waals surface area contributed by atoms with Crippen molar-refractivity contribution >= 4 is 22.4 Å². The predicted molar refractivity (Wildman–Crippen MR) is 161 cm³/mol. The zero-order valence-electron chi connectivity index (χ0n) is 24.5. The van der Waals surface area contributed by atoms with E-state index in [1.165, 1.54) is 6.33 Å². The SMILES string of the molecule is C=C(Nc1cccc(Oc2ncnc3cc(CC)c(OC(CC)CCCC)cc23)c1)Nc1cc(C(C)(C)C)on1. The Kier molecular flexibility index (Phi) is 9.30. The summed E-state index contributed by atoms with van der Waals surface area (Å²) in [5.41, 5.74) is 2.62. The fourth-order valence-corrected chi connectivity index (χ4v) is 4.32. The second kappa shape index (κ2) is 12.9. The summed E-state index contributed by atoms with van der Waals surface area (Å²) >= 11 is 0. The standard InChI is InChI=1S/C32H41N5O3/c1-8-11-14-24(10-3)38-28-18-26-27(16-22(28)9-2)33-20-34-31(26)39-25-15-12-13-23(17-25)35-21(4)36-30-19-29(40-37-30)32(5,6)7/h12-13,15-20,24,35H,4,8-11,14H2,1-3,5-7H3,(H,36,37). The molecule has 1 atom stereocenters. The number of nitrogens with one attached hydrogen (secondary N) is 2. The maximum absolute atomic E-state index is 6.48. The predicted octanol–water partition coefficient (Wildman–Crippen LogP) is 8.61. The van der Waals surface area contributed by atoms with E-state index in [2.05, 4.69) is 79.9 Å². The molecule has 2 aromatic heterocycles. The Hall–Kier alpha value is -4.07. The van der Waals surface area contributed by atoms with Gasteiger partial charge in [-0.25, -0.2) is 9.97 Å². The molecule has 4 aromatic rings. The molecule has 4 rings (SSSR count). The second-order valence-electron chi connectivity index (χ2n) is 11.0. The minimum Gasteiger partial charge on any atom is -0.490 e. The van der Waals surface area contributed by atoms with Gasteiger partial charge in [0.25, 0.3) is 0 Å². The average molecular weight is 544 g/mol. The van der Waals surface area contributed by atoms with E-state index >= 15 is 0 Å². The van der Waals surface area contributed by atoms with Crippen molar-refractivity contribution in [3.63, 3.8) is 0 Å². The Morgan fingerprint density at radius 3 is 2.58 bits per heavy atom. The molecule has 0 spiro atoms. The van der Waals surface area contributed by atoms with Gasteiger partial charge in [-0.2, -0.15) is 0 Å². The van der Waals surface area contributed by atoms with E-state index in [0.29, 0.717) is 23.3 Å². The van der Waals surface area contributed by atoms with Crippen molar-refractivity contribution in [1.82, 2.24) is 15.1 Å². The number of anilines is 2. The van der Waals surface area contributed by atoms with E-state index in [4.69, 9.17) is 14.0 Å². The highest BCUT2D eigenvalue weighted by Crippen LogP contribution is 2.34. The normalized spacial score (nSPS) is 12.2. The van der Waals surface area contributed by atoms with Crippen molar-refractivity contribution in [3.05, 3.63) is 72.5 Å². The second-order valence-corrected chi connectivity index (χ2v) is 11.0. The van der Waals surface area contributed by atoms with Crippen LogP contribution in [0.1, 0.15) is 78.5 Å². The number of ether oxygens (including phenoxy) is 2. The van der Waals surface area contributed by atoms with Gasteiger partial charge in [0, 0.05) is 23.2 Å². The molecule has 0 bridgehead atoms. The van der Waals surface area contributed by atoms with Gasteiger partial charge in [0.1, 0.15) is 29.4 Å². The lowest BCUT2D eigenvalue weighted by atomic mass is 9.93. The lowest BCUT2D eigenvalue weighted by Crippen LogP contribution is -2.16. The molecule has 212 valence electrons. The summed E-state index contributed by atoms with van der Waals surface area (Å²) in [6.45, 7) is 16.8. The lowest BCUT2D eigenvalue weighted by Gasteiger charge is -2.20. The average Bonchev–Trinajstić information content (AvgIpc) is 3.40. The van der Waals surface area contributed by atoms with Crippen LogP contribution < -0.4 is 20.1 Å².